The molecule has 6 heteroatoms. The van der Waals surface area contributed by atoms with Crippen LogP contribution in [0.5, 0.6) is 0 Å². The van der Waals surface area contributed by atoms with Crippen molar-refractivity contribution in [2.75, 3.05) is 32.8 Å². The van der Waals surface area contributed by atoms with Gasteiger partial charge in [-0.15, -0.1) is 0 Å². The van der Waals surface area contributed by atoms with Gasteiger partial charge < -0.3 is 19.5 Å². The molecule has 0 aliphatic heterocycles. The van der Waals surface area contributed by atoms with Crippen molar-refractivity contribution in [3.63, 3.8) is 0 Å². The molecule has 6 nitrogen and oxygen atoms in total. The summed E-state index contributed by atoms with van der Waals surface area (Å²) in [5.41, 5.74) is 0. The van der Waals surface area contributed by atoms with Gasteiger partial charge in [-0.25, -0.2) is 0 Å². The molecule has 0 bridgehead atoms. The Morgan fingerprint density at radius 1 is 0.571 bits per heavy atom. The predicted molar refractivity (Wildman–Crippen MR) is 179 cm³/mol. The van der Waals surface area contributed by atoms with Crippen molar-refractivity contribution in [3.05, 3.63) is 0 Å². The summed E-state index contributed by atoms with van der Waals surface area (Å²) in [7, 11) is 0. The van der Waals surface area contributed by atoms with E-state index < -0.39 is 0 Å². The van der Waals surface area contributed by atoms with Crippen molar-refractivity contribution in [2.45, 2.75) is 188 Å². The largest absolute Gasteiger partial charge is 0.466 e. The number of hydrogen-bond donors (Lipinski definition) is 1. The summed E-state index contributed by atoms with van der Waals surface area (Å²) >= 11 is 0. The van der Waals surface area contributed by atoms with Crippen molar-refractivity contribution < 1.29 is 24.2 Å². The van der Waals surface area contributed by atoms with E-state index in [1.54, 1.807) is 0 Å². The number of aliphatic hydroxyl groups excluding tert-OH is 1. The van der Waals surface area contributed by atoms with Crippen LogP contribution in [0.1, 0.15) is 182 Å². The van der Waals surface area contributed by atoms with Crippen LogP contribution < -0.4 is 0 Å². The molecule has 0 unspecified atom stereocenters. The Bertz CT molecular complexity index is 555. The highest BCUT2D eigenvalue weighted by atomic mass is 16.5. The minimum absolute atomic E-state index is 0. The monoisotopic (exact) mass is 600 g/mol. The average Bonchev–Trinajstić information content (AvgIpc) is 2.96. The molecule has 0 heterocycles. The van der Waals surface area contributed by atoms with E-state index in [0.29, 0.717) is 26.0 Å². The third kappa shape index (κ3) is 30.3. The first kappa shape index (κ1) is 43.0. The van der Waals surface area contributed by atoms with Gasteiger partial charge in [0.05, 0.1) is 13.2 Å². The third-order valence-electron chi connectivity index (χ3n) is 7.95. The highest BCUT2D eigenvalue weighted by Crippen LogP contribution is 2.18. The van der Waals surface area contributed by atoms with E-state index in [2.05, 4.69) is 25.7 Å². The Kier molecular flexibility index (Phi) is 35.2. The lowest BCUT2D eigenvalue weighted by Gasteiger charge is -2.21. The summed E-state index contributed by atoms with van der Waals surface area (Å²) in [4.78, 5) is 26.6. The Balaban J connectivity index is 0. The van der Waals surface area contributed by atoms with E-state index in [1.807, 2.05) is 0 Å². The van der Waals surface area contributed by atoms with Crippen molar-refractivity contribution >= 4 is 11.9 Å². The van der Waals surface area contributed by atoms with Crippen molar-refractivity contribution in [1.82, 2.24) is 4.90 Å². The third-order valence-corrected chi connectivity index (χ3v) is 7.95. The quantitative estimate of drug-likeness (QED) is 0.0613. The summed E-state index contributed by atoms with van der Waals surface area (Å²) in [5, 5.41) is 9.38. The van der Waals surface area contributed by atoms with Crippen molar-refractivity contribution in [3.8, 4) is 0 Å². The molecular formula is C36H73NO5. The highest BCUT2D eigenvalue weighted by molar-refractivity contribution is 5.69. The first-order valence-corrected chi connectivity index (χ1v) is 17.8. The van der Waals surface area contributed by atoms with Crippen LogP contribution in [0, 0.1) is 0 Å². The van der Waals surface area contributed by atoms with Gasteiger partial charge in [0.15, 0.2) is 0 Å². The summed E-state index contributed by atoms with van der Waals surface area (Å²) in [6, 6.07) is 0. The second kappa shape index (κ2) is 34.4. The molecule has 1 N–H and O–H groups in total. The van der Waals surface area contributed by atoms with E-state index in [9.17, 15) is 14.7 Å². The molecule has 0 saturated carbocycles. The molecule has 252 valence electrons. The first-order valence-electron chi connectivity index (χ1n) is 17.8. The fraction of sp³-hybridized carbons (Fsp3) is 0.944. The standard InChI is InChI=1S/C35H69NO5.CH4/c1-4-7-10-12-15-19-24-33(25-20-16-13-11-8-5-2)41-35(39)26-21-17-14-18-22-28-36(30-31-37)29-23-27-34(38)40-32-9-6-3;/h33,37H,4-32H2,1-3H3;1H4. The van der Waals surface area contributed by atoms with Crippen molar-refractivity contribution in [1.29, 1.82) is 0 Å². The van der Waals surface area contributed by atoms with Gasteiger partial charge >= 0.3 is 11.9 Å². The number of aliphatic hydroxyl groups is 1. The van der Waals surface area contributed by atoms with Crippen LogP contribution >= 0.6 is 0 Å². The van der Waals surface area contributed by atoms with E-state index in [4.69, 9.17) is 9.47 Å². The fourth-order valence-electron chi connectivity index (χ4n) is 5.27. The van der Waals surface area contributed by atoms with Gasteiger partial charge in [0.2, 0.25) is 0 Å². The molecule has 0 aromatic heterocycles. The molecule has 0 aliphatic carbocycles. The Labute approximate surface area is 262 Å². The molecule has 42 heavy (non-hydrogen) atoms. The van der Waals surface area contributed by atoms with Crippen LogP contribution in [0.15, 0.2) is 0 Å². The number of esters is 2. The molecule has 0 rings (SSSR count). The summed E-state index contributed by atoms with van der Waals surface area (Å²) in [5.74, 6) is -0.119. The van der Waals surface area contributed by atoms with Crippen LogP contribution in [0.25, 0.3) is 0 Å². The molecular weight excluding hydrogens is 526 g/mol. The second-order valence-corrected chi connectivity index (χ2v) is 12.0. The minimum Gasteiger partial charge on any atom is -0.466 e. The number of rotatable bonds is 32. The number of hydrogen-bond acceptors (Lipinski definition) is 6. The van der Waals surface area contributed by atoms with Crippen LogP contribution in [0.4, 0.5) is 0 Å². The first-order chi connectivity index (χ1) is 20.1. The van der Waals surface area contributed by atoms with Crippen LogP contribution in [-0.4, -0.2) is 60.9 Å². The topological polar surface area (TPSA) is 76.1 Å². The second-order valence-electron chi connectivity index (χ2n) is 12.0. The Morgan fingerprint density at radius 2 is 1.05 bits per heavy atom. The zero-order valence-corrected chi connectivity index (χ0v) is 27.6. The van der Waals surface area contributed by atoms with Gasteiger partial charge in [-0.1, -0.05) is 118 Å². The number of carbonyl (C=O) groups excluding carboxylic acids is 2. The maximum absolute atomic E-state index is 12.6. The molecule has 0 aliphatic rings. The van der Waals surface area contributed by atoms with E-state index in [1.165, 1.54) is 77.0 Å². The smallest absolute Gasteiger partial charge is 0.306 e. The molecule has 0 aromatic carbocycles. The molecule has 0 fully saturated rings. The normalized spacial score (nSPS) is 11.2. The van der Waals surface area contributed by atoms with Gasteiger partial charge in [0.1, 0.15) is 6.10 Å². The Morgan fingerprint density at radius 3 is 1.62 bits per heavy atom. The van der Waals surface area contributed by atoms with Crippen LogP contribution in [0.3, 0.4) is 0 Å². The van der Waals surface area contributed by atoms with E-state index in [-0.39, 0.29) is 32.1 Å². The maximum atomic E-state index is 12.6. The Hall–Kier alpha value is -1.14. The lowest BCUT2D eigenvalue weighted by molar-refractivity contribution is -0.150. The van der Waals surface area contributed by atoms with Crippen LogP contribution in [-0.2, 0) is 19.1 Å². The van der Waals surface area contributed by atoms with Crippen molar-refractivity contribution in [2.24, 2.45) is 0 Å². The SMILES string of the molecule is C.CCCCCCCCC(CCCCCCCC)OC(=O)CCCCCCCN(CCO)CCCC(=O)OCCCC. The van der Waals surface area contributed by atoms with E-state index in [0.717, 1.165) is 77.3 Å². The van der Waals surface area contributed by atoms with Gasteiger partial charge in [0.25, 0.3) is 0 Å². The molecule has 0 aromatic rings. The zero-order chi connectivity index (χ0) is 30.2. The maximum Gasteiger partial charge on any atom is 0.306 e. The summed E-state index contributed by atoms with van der Waals surface area (Å²) in [6.07, 6.45) is 26.4. The molecule has 0 spiro atoms. The molecule has 0 atom stereocenters. The van der Waals surface area contributed by atoms with Gasteiger partial charge in [-0.2, -0.15) is 0 Å². The van der Waals surface area contributed by atoms with E-state index >= 15 is 0 Å². The molecule has 0 radical (unpaired) electrons. The van der Waals surface area contributed by atoms with Gasteiger partial charge in [-0.3, -0.25) is 9.59 Å². The minimum atomic E-state index is -0.114. The van der Waals surface area contributed by atoms with Crippen LogP contribution in [0.2, 0.25) is 0 Å². The highest BCUT2D eigenvalue weighted by Gasteiger charge is 2.14. The average molecular weight is 600 g/mol. The fourth-order valence-corrected chi connectivity index (χ4v) is 5.27. The number of carbonyl (C=O) groups is 2. The lowest BCUT2D eigenvalue weighted by Crippen LogP contribution is -2.29. The number of nitrogens with zero attached hydrogens (tertiary/aromatic N) is 1. The number of unbranched alkanes of at least 4 members (excludes halogenated alkanes) is 15. The summed E-state index contributed by atoms with van der Waals surface area (Å²) in [6.45, 7) is 9.65. The number of ether oxygens (including phenoxy) is 2. The molecule has 0 saturated heterocycles. The predicted octanol–water partition coefficient (Wildman–Crippen LogP) is 9.79. The zero-order valence-electron chi connectivity index (χ0n) is 27.6. The van der Waals surface area contributed by atoms with Gasteiger partial charge in [0, 0.05) is 19.4 Å². The molecule has 0 amide bonds. The summed E-state index contributed by atoms with van der Waals surface area (Å²) < 4.78 is 11.2. The lowest BCUT2D eigenvalue weighted by atomic mass is 10.0. The van der Waals surface area contributed by atoms with Gasteiger partial charge in [-0.05, 0) is 64.5 Å².